The van der Waals surface area contributed by atoms with E-state index >= 15 is 0 Å². The van der Waals surface area contributed by atoms with Gasteiger partial charge in [0.1, 0.15) is 0 Å². The van der Waals surface area contributed by atoms with Crippen LogP contribution in [0.25, 0.3) is 0 Å². The summed E-state index contributed by atoms with van der Waals surface area (Å²) >= 11 is 0. The molecule has 0 fully saturated rings. The molecule has 64 valence electrons. The summed E-state index contributed by atoms with van der Waals surface area (Å²) in [6, 6.07) is 8.36. The zero-order chi connectivity index (χ0) is 8.55. The smallest absolute Gasteiger partial charge is 0.0649 e. The van der Waals surface area contributed by atoms with Crippen LogP contribution in [-0.4, -0.2) is 11.2 Å². The van der Waals surface area contributed by atoms with Gasteiger partial charge in [0.05, 0.1) is 6.10 Å². The van der Waals surface area contributed by atoms with Crippen LogP contribution in [0.15, 0.2) is 24.3 Å². The van der Waals surface area contributed by atoms with Crippen molar-refractivity contribution in [3.05, 3.63) is 35.4 Å². The van der Waals surface area contributed by atoms with Crippen molar-refractivity contribution in [1.82, 2.24) is 0 Å². The van der Waals surface area contributed by atoms with E-state index in [-0.39, 0.29) is 6.10 Å². The third-order valence-electron chi connectivity index (χ3n) is 2.79. The summed E-state index contributed by atoms with van der Waals surface area (Å²) in [7, 11) is 0. The van der Waals surface area contributed by atoms with E-state index in [1.807, 2.05) is 6.07 Å². The molecule has 12 heavy (non-hydrogen) atoms. The highest BCUT2D eigenvalue weighted by Gasteiger charge is 2.28. The van der Waals surface area contributed by atoms with Gasteiger partial charge >= 0.3 is 0 Å². The van der Waals surface area contributed by atoms with Crippen LogP contribution in [0.5, 0.6) is 0 Å². The first-order valence-electron chi connectivity index (χ1n) is 4.58. The van der Waals surface area contributed by atoms with Gasteiger partial charge in [-0.05, 0) is 24.0 Å². The van der Waals surface area contributed by atoms with Crippen LogP contribution in [0.3, 0.4) is 0 Å². The van der Waals surface area contributed by atoms with Gasteiger partial charge in [-0.25, -0.2) is 0 Å². The summed E-state index contributed by atoms with van der Waals surface area (Å²) in [4.78, 5) is 0. The minimum Gasteiger partial charge on any atom is -0.392 e. The van der Waals surface area contributed by atoms with Crippen LogP contribution >= 0.6 is 0 Å². The summed E-state index contributed by atoms with van der Waals surface area (Å²) in [5.74, 6) is 0.376. The number of rotatable bonds is 1. The van der Waals surface area contributed by atoms with Crippen molar-refractivity contribution >= 4 is 0 Å². The molecule has 1 heteroatoms. The Kier molecular flexibility index (Phi) is 1.89. The molecule has 1 aromatic carbocycles. The number of aliphatic hydroxyl groups is 1. The maximum Gasteiger partial charge on any atom is 0.0649 e. The SMILES string of the molecule is CC[C@H]1c2ccccc2C[C@@H]1O. The predicted molar refractivity (Wildman–Crippen MR) is 49.2 cm³/mol. The number of hydrogen-bond acceptors (Lipinski definition) is 1. The van der Waals surface area contributed by atoms with E-state index in [0.29, 0.717) is 5.92 Å². The lowest BCUT2D eigenvalue weighted by molar-refractivity contribution is 0.154. The zero-order valence-corrected chi connectivity index (χ0v) is 7.33. The Labute approximate surface area is 73.0 Å². The number of benzene rings is 1. The third kappa shape index (κ3) is 1.05. The van der Waals surface area contributed by atoms with E-state index in [1.54, 1.807) is 0 Å². The van der Waals surface area contributed by atoms with E-state index < -0.39 is 0 Å². The first kappa shape index (κ1) is 7.81. The van der Waals surface area contributed by atoms with Crippen LogP contribution in [0, 0.1) is 0 Å². The molecule has 2 atom stereocenters. The fourth-order valence-corrected chi connectivity index (χ4v) is 2.15. The van der Waals surface area contributed by atoms with Gasteiger partial charge in [0.2, 0.25) is 0 Å². The van der Waals surface area contributed by atoms with Crippen molar-refractivity contribution in [3.8, 4) is 0 Å². The first-order valence-corrected chi connectivity index (χ1v) is 4.58. The monoisotopic (exact) mass is 162 g/mol. The minimum atomic E-state index is -0.146. The van der Waals surface area contributed by atoms with Crippen molar-refractivity contribution in [2.45, 2.75) is 31.8 Å². The van der Waals surface area contributed by atoms with Crippen molar-refractivity contribution in [2.75, 3.05) is 0 Å². The molecule has 0 aromatic heterocycles. The van der Waals surface area contributed by atoms with E-state index in [2.05, 4.69) is 25.1 Å². The second-order valence-electron chi connectivity index (χ2n) is 3.49. The van der Waals surface area contributed by atoms with Gasteiger partial charge < -0.3 is 5.11 Å². The lowest BCUT2D eigenvalue weighted by Gasteiger charge is -2.12. The molecule has 0 unspecified atom stereocenters. The normalized spacial score (nSPS) is 27.2. The summed E-state index contributed by atoms with van der Waals surface area (Å²) in [6.45, 7) is 2.13. The Bertz CT molecular complexity index is 280. The standard InChI is InChI=1S/C11H14O/c1-2-9-10-6-4-3-5-8(10)7-11(9)12/h3-6,9,11-12H,2,7H2,1H3/t9-,11-/m0/s1. The molecule has 1 nitrogen and oxygen atoms in total. The van der Waals surface area contributed by atoms with Crippen LogP contribution < -0.4 is 0 Å². The molecule has 2 rings (SSSR count). The maximum absolute atomic E-state index is 9.71. The topological polar surface area (TPSA) is 20.2 Å². The molecule has 0 bridgehead atoms. The molecule has 0 saturated carbocycles. The average Bonchev–Trinajstić information content (AvgIpc) is 2.40. The highest BCUT2D eigenvalue weighted by atomic mass is 16.3. The first-order chi connectivity index (χ1) is 5.83. The lowest BCUT2D eigenvalue weighted by atomic mass is 9.97. The molecule has 0 aliphatic heterocycles. The minimum absolute atomic E-state index is 0.146. The van der Waals surface area contributed by atoms with Crippen molar-refractivity contribution in [1.29, 1.82) is 0 Å². The maximum atomic E-state index is 9.71. The van der Waals surface area contributed by atoms with Crippen LogP contribution in [0.4, 0.5) is 0 Å². The van der Waals surface area contributed by atoms with Crippen LogP contribution in [-0.2, 0) is 6.42 Å². The molecule has 1 aliphatic carbocycles. The summed E-state index contributed by atoms with van der Waals surface area (Å²) in [6.07, 6.45) is 1.74. The Morgan fingerprint density at radius 2 is 2.17 bits per heavy atom. The van der Waals surface area contributed by atoms with Crippen molar-refractivity contribution < 1.29 is 5.11 Å². The van der Waals surface area contributed by atoms with Gasteiger partial charge in [0.25, 0.3) is 0 Å². The molecular weight excluding hydrogens is 148 g/mol. The molecular formula is C11H14O. The van der Waals surface area contributed by atoms with Gasteiger partial charge in [-0.1, -0.05) is 31.2 Å². The fraction of sp³-hybridized carbons (Fsp3) is 0.455. The van der Waals surface area contributed by atoms with E-state index in [9.17, 15) is 5.11 Å². The van der Waals surface area contributed by atoms with Crippen molar-refractivity contribution in [2.24, 2.45) is 0 Å². The van der Waals surface area contributed by atoms with Gasteiger partial charge in [-0.2, -0.15) is 0 Å². The molecule has 0 heterocycles. The zero-order valence-electron chi connectivity index (χ0n) is 7.33. The van der Waals surface area contributed by atoms with Crippen molar-refractivity contribution in [3.63, 3.8) is 0 Å². The second kappa shape index (κ2) is 2.91. The van der Waals surface area contributed by atoms with Gasteiger partial charge in [0.15, 0.2) is 0 Å². The van der Waals surface area contributed by atoms with Crippen LogP contribution in [0.2, 0.25) is 0 Å². The Balaban J connectivity index is 2.40. The molecule has 0 spiro atoms. The number of aliphatic hydroxyl groups excluding tert-OH is 1. The van der Waals surface area contributed by atoms with Gasteiger partial charge in [0, 0.05) is 5.92 Å². The largest absolute Gasteiger partial charge is 0.392 e. The Hall–Kier alpha value is -0.820. The van der Waals surface area contributed by atoms with Crippen LogP contribution in [0.1, 0.15) is 30.4 Å². The number of hydrogen-bond donors (Lipinski definition) is 1. The molecule has 0 amide bonds. The lowest BCUT2D eigenvalue weighted by Crippen LogP contribution is -2.11. The predicted octanol–water partition coefficient (Wildman–Crippen LogP) is 2.10. The summed E-state index contributed by atoms with van der Waals surface area (Å²) in [5.41, 5.74) is 2.68. The van der Waals surface area contributed by atoms with E-state index in [1.165, 1.54) is 11.1 Å². The fourth-order valence-electron chi connectivity index (χ4n) is 2.15. The van der Waals surface area contributed by atoms with Gasteiger partial charge in [-0.3, -0.25) is 0 Å². The molecule has 1 N–H and O–H groups in total. The summed E-state index contributed by atoms with van der Waals surface area (Å²) in [5, 5.41) is 9.71. The Morgan fingerprint density at radius 1 is 1.42 bits per heavy atom. The number of fused-ring (bicyclic) bond motifs is 1. The highest BCUT2D eigenvalue weighted by Crippen LogP contribution is 2.34. The second-order valence-corrected chi connectivity index (χ2v) is 3.49. The third-order valence-corrected chi connectivity index (χ3v) is 2.79. The highest BCUT2D eigenvalue weighted by molar-refractivity contribution is 5.36. The Morgan fingerprint density at radius 3 is 2.92 bits per heavy atom. The van der Waals surface area contributed by atoms with E-state index in [4.69, 9.17) is 0 Å². The molecule has 0 radical (unpaired) electrons. The average molecular weight is 162 g/mol. The molecule has 1 aliphatic rings. The molecule has 1 aromatic rings. The van der Waals surface area contributed by atoms with E-state index in [0.717, 1.165) is 12.8 Å². The molecule has 0 saturated heterocycles. The summed E-state index contributed by atoms with van der Waals surface area (Å²) < 4.78 is 0. The quantitative estimate of drug-likeness (QED) is 0.670. The van der Waals surface area contributed by atoms with Gasteiger partial charge in [-0.15, -0.1) is 0 Å².